The lowest BCUT2D eigenvalue weighted by Gasteiger charge is -2.17. The van der Waals surface area contributed by atoms with Crippen LogP contribution in [0.3, 0.4) is 0 Å². The van der Waals surface area contributed by atoms with E-state index in [9.17, 15) is 9.50 Å². The number of aliphatic hydroxyl groups excluding tert-OH is 1. The van der Waals surface area contributed by atoms with Crippen LogP contribution in [0.4, 0.5) is 4.39 Å². The molecule has 2 unspecified atom stereocenters. The highest BCUT2D eigenvalue weighted by Gasteiger charge is 2.22. The minimum Gasteiger partial charge on any atom is -0.496 e. The zero-order chi connectivity index (χ0) is 12.3. The van der Waals surface area contributed by atoms with Gasteiger partial charge in [-0.1, -0.05) is 0 Å². The van der Waals surface area contributed by atoms with E-state index in [0.29, 0.717) is 30.3 Å². The second-order valence-corrected chi connectivity index (χ2v) is 4.37. The fraction of sp³-hybridized carbons (Fsp3) is 0.538. The number of ether oxygens (including phenoxy) is 2. The molecule has 0 bridgehead atoms. The Hall–Kier alpha value is -1.13. The van der Waals surface area contributed by atoms with E-state index < -0.39 is 6.10 Å². The van der Waals surface area contributed by atoms with E-state index >= 15 is 0 Å². The molecule has 1 heterocycles. The summed E-state index contributed by atoms with van der Waals surface area (Å²) in [5, 5.41) is 10.1. The average molecular weight is 240 g/mol. The monoisotopic (exact) mass is 240 g/mol. The van der Waals surface area contributed by atoms with Crippen molar-refractivity contribution >= 4 is 0 Å². The lowest BCUT2D eigenvalue weighted by molar-refractivity contribution is 0.127. The summed E-state index contributed by atoms with van der Waals surface area (Å²) in [4.78, 5) is 0. The van der Waals surface area contributed by atoms with Gasteiger partial charge in [0.1, 0.15) is 11.6 Å². The van der Waals surface area contributed by atoms with Crippen LogP contribution in [0.1, 0.15) is 24.5 Å². The Morgan fingerprint density at radius 2 is 2.41 bits per heavy atom. The number of benzene rings is 1. The number of hydrogen-bond acceptors (Lipinski definition) is 3. The van der Waals surface area contributed by atoms with E-state index in [-0.39, 0.29) is 5.82 Å². The SMILES string of the molecule is COc1ccc(F)cc1C(O)CC1CCOC1. The molecule has 0 aromatic heterocycles. The minimum absolute atomic E-state index is 0.345. The summed E-state index contributed by atoms with van der Waals surface area (Å²) in [5.41, 5.74) is 0.513. The van der Waals surface area contributed by atoms with Gasteiger partial charge in [-0.15, -0.1) is 0 Å². The molecular formula is C13H17FO3. The van der Waals surface area contributed by atoms with Crippen LogP contribution in [0.25, 0.3) is 0 Å². The lowest BCUT2D eigenvalue weighted by atomic mass is 9.96. The number of rotatable bonds is 4. The third-order valence-electron chi connectivity index (χ3n) is 3.13. The first kappa shape index (κ1) is 12.3. The van der Waals surface area contributed by atoms with Crippen molar-refractivity contribution in [2.75, 3.05) is 20.3 Å². The molecule has 17 heavy (non-hydrogen) atoms. The summed E-state index contributed by atoms with van der Waals surface area (Å²) in [6.07, 6.45) is 0.835. The smallest absolute Gasteiger partial charge is 0.124 e. The van der Waals surface area contributed by atoms with E-state index in [4.69, 9.17) is 9.47 Å². The van der Waals surface area contributed by atoms with Crippen LogP contribution in [0, 0.1) is 11.7 Å². The molecule has 2 rings (SSSR count). The Morgan fingerprint density at radius 1 is 1.59 bits per heavy atom. The van der Waals surface area contributed by atoms with E-state index in [2.05, 4.69) is 0 Å². The maximum absolute atomic E-state index is 13.2. The van der Waals surface area contributed by atoms with E-state index in [1.165, 1.54) is 19.2 Å². The van der Waals surface area contributed by atoms with Crippen molar-refractivity contribution in [2.24, 2.45) is 5.92 Å². The molecule has 3 nitrogen and oxygen atoms in total. The molecule has 1 saturated heterocycles. The normalized spacial score (nSPS) is 21.5. The summed E-state index contributed by atoms with van der Waals surface area (Å²) in [5.74, 6) is 0.512. The van der Waals surface area contributed by atoms with Gasteiger partial charge < -0.3 is 14.6 Å². The van der Waals surface area contributed by atoms with Crippen molar-refractivity contribution in [3.05, 3.63) is 29.6 Å². The molecule has 1 aromatic carbocycles. The fourth-order valence-electron chi connectivity index (χ4n) is 2.18. The predicted octanol–water partition coefficient (Wildman–Crippen LogP) is 2.29. The Kier molecular flexibility index (Phi) is 3.97. The highest BCUT2D eigenvalue weighted by molar-refractivity contribution is 5.35. The van der Waals surface area contributed by atoms with Crippen LogP contribution in [0.15, 0.2) is 18.2 Å². The fourth-order valence-corrected chi connectivity index (χ4v) is 2.18. The minimum atomic E-state index is -0.702. The summed E-state index contributed by atoms with van der Waals surface area (Å²) in [6.45, 7) is 1.42. The van der Waals surface area contributed by atoms with Crippen LogP contribution < -0.4 is 4.74 Å². The molecule has 1 aliphatic heterocycles. The summed E-state index contributed by atoms with van der Waals surface area (Å²) >= 11 is 0. The van der Waals surface area contributed by atoms with Crippen LogP contribution in [-0.4, -0.2) is 25.4 Å². The van der Waals surface area contributed by atoms with Crippen LogP contribution >= 0.6 is 0 Å². The zero-order valence-electron chi connectivity index (χ0n) is 9.86. The van der Waals surface area contributed by atoms with Gasteiger partial charge in [0.15, 0.2) is 0 Å². The van der Waals surface area contributed by atoms with Crippen LogP contribution in [-0.2, 0) is 4.74 Å². The van der Waals surface area contributed by atoms with Gasteiger partial charge in [0, 0.05) is 18.8 Å². The molecule has 4 heteroatoms. The van der Waals surface area contributed by atoms with Crippen molar-refractivity contribution in [3.63, 3.8) is 0 Å². The number of halogens is 1. The molecule has 0 spiro atoms. The molecule has 0 aliphatic carbocycles. The first-order chi connectivity index (χ1) is 8.20. The summed E-state index contributed by atoms with van der Waals surface area (Å²) in [6, 6.07) is 4.20. The first-order valence-electron chi connectivity index (χ1n) is 5.80. The first-order valence-corrected chi connectivity index (χ1v) is 5.80. The van der Waals surface area contributed by atoms with Gasteiger partial charge in [-0.3, -0.25) is 0 Å². The molecular weight excluding hydrogens is 223 g/mol. The largest absolute Gasteiger partial charge is 0.496 e. The van der Waals surface area contributed by atoms with Gasteiger partial charge in [0.2, 0.25) is 0 Å². The van der Waals surface area contributed by atoms with Crippen molar-refractivity contribution < 1.29 is 19.0 Å². The molecule has 1 N–H and O–H groups in total. The number of methoxy groups -OCH3 is 1. The molecule has 94 valence electrons. The second kappa shape index (κ2) is 5.47. The summed E-state index contributed by atoms with van der Waals surface area (Å²) < 4.78 is 23.6. The van der Waals surface area contributed by atoms with Gasteiger partial charge in [-0.05, 0) is 37.0 Å². The van der Waals surface area contributed by atoms with Gasteiger partial charge in [-0.25, -0.2) is 4.39 Å². The standard InChI is InChI=1S/C13H17FO3/c1-16-13-3-2-10(14)7-11(13)12(15)6-9-4-5-17-8-9/h2-3,7,9,12,15H,4-6,8H2,1H3. The van der Waals surface area contributed by atoms with Crippen LogP contribution in [0.2, 0.25) is 0 Å². The zero-order valence-corrected chi connectivity index (χ0v) is 9.86. The van der Waals surface area contributed by atoms with Crippen molar-refractivity contribution in [3.8, 4) is 5.75 Å². The van der Waals surface area contributed by atoms with Crippen molar-refractivity contribution in [2.45, 2.75) is 18.9 Å². The number of hydrogen-bond donors (Lipinski definition) is 1. The summed E-state index contributed by atoms with van der Waals surface area (Å²) in [7, 11) is 1.52. The second-order valence-electron chi connectivity index (χ2n) is 4.37. The Labute approximate surface area is 100 Å². The lowest BCUT2D eigenvalue weighted by Crippen LogP contribution is -2.08. The van der Waals surface area contributed by atoms with Crippen LogP contribution in [0.5, 0.6) is 5.75 Å². The van der Waals surface area contributed by atoms with Crippen molar-refractivity contribution in [1.82, 2.24) is 0 Å². The van der Waals surface area contributed by atoms with Crippen molar-refractivity contribution in [1.29, 1.82) is 0 Å². The Morgan fingerprint density at radius 3 is 3.06 bits per heavy atom. The topological polar surface area (TPSA) is 38.7 Å². The Balaban J connectivity index is 2.11. The number of aliphatic hydroxyl groups is 1. The third kappa shape index (κ3) is 2.96. The third-order valence-corrected chi connectivity index (χ3v) is 3.13. The molecule has 0 saturated carbocycles. The highest BCUT2D eigenvalue weighted by Crippen LogP contribution is 2.32. The maximum atomic E-state index is 13.2. The van der Waals surface area contributed by atoms with E-state index in [1.807, 2.05) is 0 Å². The van der Waals surface area contributed by atoms with Gasteiger partial charge in [0.25, 0.3) is 0 Å². The van der Waals surface area contributed by atoms with Gasteiger partial charge in [0.05, 0.1) is 13.2 Å². The molecule has 1 aliphatic rings. The molecule has 1 aromatic rings. The molecule has 1 fully saturated rings. The van der Waals surface area contributed by atoms with Gasteiger partial charge in [-0.2, -0.15) is 0 Å². The quantitative estimate of drug-likeness (QED) is 0.877. The maximum Gasteiger partial charge on any atom is 0.124 e. The van der Waals surface area contributed by atoms with E-state index in [1.54, 1.807) is 6.07 Å². The highest BCUT2D eigenvalue weighted by atomic mass is 19.1. The Bertz CT molecular complexity index is 375. The molecule has 0 amide bonds. The average Bonchev–Trinajstić information content (AvgIpc) is 2.81. The van der Waals surface area contributed by atoms with Gasteiger partial charge >= 0.3 is 0 Å². The van der Waals surface area contributed by atoms with E-state index in [0.717, 1.165) is 13.0 Å². The predicted molar refractivity (Wildman–Crippen MR) is 61.5 cm³/mol. The molecule has 0 radical (unpaired) electrons. The molecule has 2 atom stereocenters.